The molecule has 27 heavy (non-hydrogen) atoms. The van der Waals surface area contributed by atoms with Gasteiger partial charge in [-0.25, -0.2) is 0 Å². The summed E-state index contributed by atoms with van der Waals surface area (Å²) < 4.78 is 0. The second kappa shape index (κ2) is 7.47. The molecule has 1 fully saturated rings. The number of nitrogens with zero attached hydrogens (tertiary/aromatic N) is 1. The number of benzene rings is 2. The molecule has 1 saturated heterocycles. The molecule has 0 saturated carbocycles. The van der Waals surface area contributed by atoms with E-state index in [1.165, 1.54) is 19.3 Å². The highest BCUT2D eigenvalue weighted by molar-refractivity contribution is 5.85. The van der Waals surface area contributed by atoms with E-state index in [9.17, 15) is 4.79 Å². The fourth-order valence-corrected chi connectivity index (χ4v) is 4.02. The Morgan fingerprint density at radius 1 is 1.04 bits per heavy atom. The number of rotatable bonds is 4. The number of anilines is 2. The molecule has 1 aliphatic rings. The number of fused-ring (bicyclic) bond motifs is 1. The molecule has 0 amide bonds. The molecule has 4 nitrogen and oxygen atoms in total. The van der Waals surface area contributed by atoms with Gasteiger partial charge in [-0.1, -0.05) is 24.3 Å². The molecule has 1 atom stereocenters. The maximum Gasteiger partial charge on any atom is 0.191 e. The van der Waals surface area contributed by atoms with Crippen LogP contribution in [0.5, 0.6) is 0 Å². The first-order chi connectivity index (χ1) is 13.1. The zero-order valence-electron chi connectivity index (χ0n) is 16.1. The molecule has 140 valence electrons. The highest BCUT2D eigenvalue weighted by Gasteiger charge is 2.17. The van der Waals surface area contributed by atoms with E-state index in [0.717, 1.165) is 46.6 Å². The molecule has 1 aromatic heterocycles. The number of piperidine rings is 1. The van der Waals surface area contributed by atoms with E-state index in [1.807, 2.05) is 24.3 Å². The Kier molecular flexibility index (Phi) is 4.88. The van der Waals surface area contributed by atoms with Gasteiger partial charge < -0.3 is 15.2 Å². The van der Waals surface area contributed by atoms with E-state index in [1.54, 1.807) is 6.07 Å². The second-order valence-corrected chi connectivity index (χ2v) is 7.58. The molecule has 4 heteroatoms. The van der Waals surface area contributed by atoms with Gasteiger partial charge in [0.1, 0.15) is 5.82 Å². The summed E-state index contributed by atoms with van der Waals surface area (Å²) >= 11 is 0. The maximum absolute atomic E-state index is 12.9. The Labute approximate surface area is 160 Å². The third kappa shape index (κ3) is 3.70. The summed E-state index contributed by atoms with van der Waals surface area (Å²) in [4.78, 5) is 18.8. The van der Waals surface area contributed by atoms with Crippen molar-refractivity contribution in [2.75, 3.05) is 23.3 Å². The van der Waals surface area contributed by atoms with Crippen LogP contribution in [0, 0.1) is 6.92 Å². The summed E-state index contributed by atoms with van der Waals surface area (Å²) in [5.41, 5.74) is 4.36. The van der Waals surface area contributed by atoms with Crippen LogP contribution in [-0.4, -0.2) is 18.1 Å². The lowest BCUT2D eigenvalue weighted by Crippen LogP contribution is -2.31. The van der Waals surface area contributed by atoms with Crippen LogP contribution in [-0.2, 0) is 0 Å². The van der Waals surface area contributed by atoms with Crippen LogP contribution in [0.3, 0.4) is 0 Å². The first kappa shape index (κ1) is 17.7. The monoisotopic (exact) mass is 361 g/mol. The minimum Gasteiger partial charge on any atom is -0.378 e. The molecule has 4 rings (SSSR count). The number of pyridine rings is 1. The Balaban J connectivity index is 1.78. The summed E-state index contributed by atoms with van der Waals surface area (Å²) in [5.74, 6) is 0.948. The second-order valence-electron chi connectivity index (χ2n) is 7.58. The molecule has 2 aromatic carbocycles. The zero-order chi connectivity index (χ0) is 18.8. The summed E-state index contributed by atoms with van der Waals surface area (Å²) in [6.45, 7) is 6.23. The third-order valence-electron chi connectivity index (χ3n) is 5.42. The standard InChI is InChI=1S/C23H27N3O/c1-16-13-19(17(2)24-18-9-5-3-6-10-18)23-20(14-16)21(27)15-22(25-23)26-11-7-4-8-12-26/h3,5-6,9-10,13-15,17,24H,4,7-8,11-12H2,1-2H3,(H,25,27). The average molecular weight is 361 g/mol. The van der Waals surface area contributed by atoms with Crippen molar-refractivity contribution < 1.29 is 0 Å². The number of hydrogen-bond acceptors (Lipinski definition) is 3. The van der Waals surface area contributed by atoms with Gasteiger partial charge >= 0.3 is 0 Å². The quantitative estimate of drug-likeness (QED) is 0.687. The van der Waals surface area contributed by atoms with Crippen LogP contribution in [0.2, 0.25) is 0 Å². The van der Waals surface area contributed by atoms with Gasteiger partial charge in [0.05, 0.1) is 11.6 Å². The fraction of sp³-hybridized carbons (Fsp3) is 0.348. The molecule has 0 bridgehead atoms. The number of nitrogens with one attached hydrogen (secondary N) is 2. The smallest absolute Gasteiger partial charge is 0.191 e. The molecule has 2 heterocycles. The van der Waals surface area contributed by atoms with Gasteiger partial charge in [-0.3, -0.25) is 4.79 Å². The summed E-state index contributed by atoms with van der Waals surface area (Å²) in [6, 6.07) is 16.2. The topological polar surface area (TPSA) is 48.1 Å². The minimum absolute atomic E-state index is 0.0852. The lowest BCUT2D eigenvalue weighted by atomic mass is 10.00. The number of H-pyrrole nitrogens is 1. The van der Waals surface area contributed by atoms with Gasteiger partial charge in [-0.05, 0) is 62.4 Å². The van der Waals surface area contributed by atoms with Gasteiger partial charge in [0.2, 0.25) is 0 Å². The first-order valence-corrected chi connectivity index (χ1v) is 9.86. The van der Waals surface area contributed by atoms with Crippen molar-refractivity contribution in [1.82, 2.24) is 4.98 Å². The van der Waals surface area contributed by atoms with Crippen LogP contribution in [0.4, 0.5) is 11.5 Å². The SMILES string of the molecule is Cc1cc(C(C)Nc2ccccc2)c2[nH]c(N3CCCCC3)cc(=O)c2c1. The van der Waals surface area contributed by atoms with Gasteiger partial charge in [-0.2, -0.15) is 0 Å². The van der Waals surface area contributed by atoms with Crippen LogP contribution in [0.25, 0.3) is 10.9 Å². The molecule has 1 unspecified atom stereocenters. The van der Waals surface area contributed by atoms with Gasteiger partial charge in [0.25, 0.3) is 0 Å². The maximum atomic E-state index is 12.9. The normalized spacial score (nSPS) is 15.7. The van der Waals surface area contributed by atoms with E-state index in [4.69, 9.17) is 0 Å². The molecule has 2 N–H and O–H groups in total. The number of hydrogen-bond donors (Lipinski definition) is 2. The van der Waals surface area contributed by atoms with Crippen LogP contribution in [0.1, 0.15) is 43.4 Å². The lowest BCUT2D eigenvalue weighted by molar-refractivity contribution is 0.574. The minimum atomic E-state index is 0.0852. The van der Waals surface area contributed by atoms with Crippen molar-refractivity contribution in [2.24, 2.45) is 0 Å². The Morgan fingerprint density at radius 2 is 1.78 bits per heavy atom. The van der Waals surface area contributed by atoms with E-state index in [2.05, 4.69) is 47.2 Å². The van der Waals surface area contributed by atoms with Crippen molar-refractivity contribution in [1.29, 1.82) is 0 Å². The lowest BCUT2D eigenvalue weighted by Gasteiger charge is -2.29. The Bertz CT molecular complexity index is 988. The predicted molar refractivity (Wildman–Crippen MR) is 114 cm³/mol. The van der Waals surface area contributed by atoms with Crippen molar-refractivity contribution in [3.63, 3.8) is 0 Å². The molecule has 0 spiro atoms. The largest absolute Gasteiger partial charge is 0.378 e. The fourth-order valence-electron chi connectivity index (χ4n) is 4.02. The van der Waals surface area contributed by atoms with Crippen molar-refractivity contribution in [3.05, 3.63) is 69.9 Å². The molecular weight excluding hydrogens is 334 g/mol. The van der Waals surface area contributed by atoms with Crippen molar-refractivity contribution in [2.45, 2.75) is 39.2 Å². The average Bonchev–Trinajstić information content (AvgIpc) is 2.69. The van der Waals surface area contributed by atoms with E-state index >= 15 is 0 Å². The summed E-state index contributed by atoms with van der Waals surface area (Å²) in [7, 11) is 0. The van der Waals surface area contributed by atoms with E-state index in [0.29, 0.717) is 0 Å². The van der Waals surface area contributed by atoms with Crippen LogP contribution >= 0.6 is 0 Å². The molecule has 3 aromatic rings. The predicted octanol–water partition coefficient (Wildman–Crippen LogP) is 5.00. The number of aromatic amines is 1. The molecule has 0 aliphatic carbocycles. The van der Waals surface area contributed by atoms with E-state index < -0.39 is 0 Å². The Morgan fingerprint density at radius 3 is 2.52 bits per heavy atom. The Hall–Kier alpha value is -2.75. The van der Waals surface area contributed by atoms with Gasteiger partial charge in [-0.15, -0.1) is 0 Å². The van der Waals surface area contributed by atoms with Crippen molar-refractivity contribution in [3.8, 4) is 0 Å². The highest BCUT2D eigenvalue weighted by Crippen LogP contribution is 2.28. The van der Waals surface area contributed by atoms with E-state index in [-0.39, 0.29) is 11.5 Å². The third-order valence-corrected chi connectivity index (χ3v) is 5.42. The summed E-state index contributed by atoms with van der Waals surface area (Å²) in [6.07, 6.45) is 3.65. The number of aryl methyl sites for hydroxylation is 1. The number of para-hydroxylation sites is 1. The first-order valence-electron chi connectivity index (χ1n) is 9.86. The molecule has 1 aliphatic heterocycles. The number of aromatic nitrogens is 1. The van der Waals surface area contributed by atoms with Crippen LogP contribution < -0.4 is 15.6 Å². The summed E-state index contributed by atoms with van der Waals surface area (Å²) in [5, 5.41) is 4.33. The molecule has 0 radical (unpaired) electrons. The van der Waals surface area contributed by atoms with Gasteiger partial charge in [0.15, 0.2) is 5.43 Å². The van der Waals surface area contributed by atoms with Crippen molar-refractivity contribution >= 4 is 22.4 Å². The van der Waals surface area contributed by atoms with Crippen LogP contribution in [0.15, 0.2) is 53.3 Å². The highest BCUT2D eigenvalue weighted by atomic mass is 16.1. The zero-order valence-corrected chi connectivity index (χ0v) is 16.1. The molecular formula is C23H27N3O. The van der Waals surface area contributed by atoms with Gasteiger partial charge in [0, 0.05) is 30.2 Å².